The molecule has 0 aliphatic carbocycles. The summed E-state index contributed by atoms with van der Waals surface area (Å²) in [6, 6.07) is 22.2. The summed E-state index contributed by atoms with van der Waals surface area (Å²) in [7, 11) is 1.80. The van der Waals surface area contributed by atoms with Gasteiger partial charge in [-0.3, -0.25) is 14.6 Å². The third-order valence-electron chi connectivity index (χ3n) is 4.99. The topological polar surface area (TPSA) is 87.8 Å². The predicted molar refractivity (Wildman–Crippen MR) is 126 cm³/mol. The average molecular weight is 468 g/mol. The molecule has 1 heterocycles. The second-order valence-electron chi connectivity index (χ2n) is 7.40. The molecule has 0 atom stereocenters. The fourth-order valence-electron chi connectivity index (χ4n) is 3.25. The summed E-state index contributed by atoms with van der Waals surface area (Å²) in [5, 5.41) is 2.58. The number of carbonyl (C=O) groups is 2. The predicted octanol–water partition coefficient (Wildman–Crippen LogP) is 4.10. The van der Waals surface area contributed by atoms with Crippen LogP contribution in [0, 0.1) is 0 Å². The maximum absolute atomic E-state index is 12.1. The Morgan fingerprint density at radius 3 is 2.24 bits per heavy atom. The molecule has 176 valence electrons. The summed E-state index contributed by atoms with van der Waals surface area (Å²) in [4.78, 5) is 28.5. The lowest BCUT2D eigenvalue weighted by atomic mass is 10.0. The molecule has 0 aromatic heterocycles. The van der Waals surface area contributed by atoms with Crippen molar-refractivity contribution in [1.29, 1.82) is 0 Å². The molecule has 1 aliphatic rings. The minimum atomic E-state index is -4.35. The Bertz CT molecular complexity index is 1180. The number of alkyl halides is 3. The van der Waals surface area contributed by atoms with Crippen molar-refractivity contribution < 1.29 is 22.8 Å². The molecule has 9 heteroatoms. The lowest BCUT2D eigenvalue weighted by Crippen LogP contribution is -2.27. The Morgan fingerprint density at radius 2 is 1.62 bits per heavy atom. The third kappa shape index (κ3) is 6.22. The number of hydrogen-bond donors (Lipinski definition) is 2. The SMILES string of the molecule is CN1C(=O)CN=C(c2ccccc2)c2ccccc21.NC(=O)CNc1ccc(C(F)(F)F)cc1. The van der Waals surface area contributed by atoms with Crippen LogP contribution >= 0.6 is 0 Å². The second kappa shape index (κ2) is 10.7. The summed E-state index contributed by atoms with van der Waals surface area (Å²) in [6.07, 6.45) is -4.35. The summed E-state index contributed by atoms with van der Waals surface area (Å²) >= 11 is 0. The fraction of sp³-hybridized carbons (Fsp3) is 0.160. The zero-order chi connectivity index (χ0) is 24.7. The van der Waals surface area contributed by atoms with E-state index in [0.717, 1.165) is 34.7 Å². The maximum atomic E-state index is 12.1. The van der Waals surface area contributed by atoms with Gasteiger partial charge in [0.25, 0.3) is 0 Å². The number of halogens is 3. The molecule has 34 heavy (non-hydrogen) atoms. The molecule has 3 aromatic rings. The van der Waals surface area contributed by atoms with E-state index in [-0.39, 0.29) is 19.0 Å². The Labute approximate surface area is 194 Å². The highest BCUT2D eigenvalue weighted by atomic mass is 19.4. The van der Waals surface area contributed by atoms with Crippen molar-refractivity contribution in [2.75, 3.05) is 30.4 Å². The number of nitrogens with one attached hydrogen (secondary N) is 1. The van der Waals surface area contributed by atoms with E-state index in [9.17, 15) is 22.8 Å². The van der Waals surface area contributed by atoms with Crippen LogP contribution in [0.4, 0.5) is 24.5 Å². The number of anilines is 2. The van der Waals surface area contributed by atoms with E-state index in [4.69, 9.17) is 5.73 Å². The van der Waals surface area contributed by atoms with Gasteiger partial charge in [-0.15, -0.1) is 0 Å². The van der Waals surface area contributed by atoms with E-state index in [2.05, 4.69) is 10.3 Å². The van der Waals surface area contributed by atoms with Crippen molar-refractivity contribution in [3.05, 3.63) is 95.6 Å². The number of likely N-dealkylation sites (N-methyl/N-ethyl adjacent to an activating group) is 1. The monoisotopic (exact) mass is 468 g/mol. The van der Waals surface area contributed by atoms with Gasteiger partial charge in [-0.25, -0.2) is 0 Å². The largest absolute Gasteiger partial charge is 0.416 e. The molecule has 0 saturated carbocycles. The smallest absolute Gasteiger partial charge is 0.376 e. The van der Waals surface area contributed by atoms with Gasteiger partial charge in [0, 0.05) is 23.9 Å². The number of benzene rings is 3. The molecule has 2 amide bonds. The molecule has 3 N–H and O–H groups in total. The van der Waals surface area contributed by atoms with Crippen molar-refractivity contribution in [1.82, 2.24) is 0 Å². The number of fused-ring (bicyclic) bond motifs is 1. The fourth-order valence-corrected chi connectivity index (χ4v) is 3.25. The first-order valence-electron chi connectivity index (χ1n) is 10.3. The van der Waals surface area contributed by atoms with Crippen LogP contribution in [0.2, 0.25) is 0 Å². The highest BCUT2D eigenvalue weighted by molar-refractivity contribution is 6.19. The van der Waals surface area contributed by atoms with Crippen LogP contribution in [0.3, 0.4) is 0 Å². The van der Waals surface area contributed by atoms with Crippen molar-refractivity contribution in [3.63, 3.8) is 0 Å². The van der Waals surface area contributed by atoms with E-state index in [1.807, 2.05) is 54.6 Å². The highest BCUT2D eigenvalue weighted by Crippen LogP contribution is 2.29. The van der Waals surface area contributed by atoms with Crippen LogP contribution in [0.15, 0.2) is 83.9 Å². The lowest BCUT2D eigenvalue weighted by molar-refractivity contribution is -0.137. The number of aliphatic imine (C=N–C) groups is 1. The summed E-state index contributed by atoms with van der Waals surface area (Å²) in [5.74, 6) is -0.562. The summed E-state index contributed by atoms with van der Waals surface area (Å²) in [6.45, 7) is 0.0841. The minimum absolute atomic E-state index is 0.0124. The zero-order valence-electron chi connectivity index (χ0n) is 18.3. The van der Waals surface area contributed by atoms with E-state index < -0.39 is 17.6 Å². The van der Waals surface area contributed by atoms with Gasteiger partial charge in [-0.2, -0.15) is 13.2 Å². The molecule has 6 nitrogen and oxygen atoms in total. The number of benzodiazepines with no additional fused rings is 1. The molecule has 3 aromatic carbocycles. The van der Waals surface area contributed by atoms with Crippen LogP contribution in [-0.2, 0) is 15.8 Å². The van der Waals surface area contributed by atoms with Crippen LogP contribution in [-0.4, -0.2) is 37.7 Å². The number of hydrogen-bond acceptors (Lipinski definition) is 4. The summed E-state index contributed by atoms with van der Waals surface area (Å²) < 4.78 is 36.4. The van der Waals surface area contributed by atoms with Crippen LogP contribution in [0.25, 0.3) is 0 Å². The first-order valence-corrected chi connectivity index (χ1v) is 10.3. The first kappa shape index (κ1) is 24.5. The molecular weight excluding hydrogens is 445 g/mol. The molecule has 0 bridgehead atoms. The van der Waals surface area contributed by atoms with Crippen molar-refractivity contribution in [2.45, 2.75) is 6.18 Å². The van der Waals surface area contributed by atoms with Gasteiger partial charge in [-0.1, -0.05) is 48.5 Å². The minimum Gasteiger partial charge on any atom is -0.376 e. The Balaban J connectivity index is 0.000000197. The number of amides is 2. The van der Waals surface area contributed by atoms with Gasteiger partial charge in [0.2, 0.25) is 11.8 Å². The molecule has 0 spiro atoms. The van der Waals surface area contributed by atoms with Gasteiger partial charge in [0.05, 0.1) is 23.5 Å². The summed E-state index contributed by atoms with van der Waals surface area (Å²) in [5.41, 5.74) is 8.38. The van der Waals surface area contributed by atoms with E-state index in [0.29, 0.717) is 5.69 Å². The van der Waals surface area contributed by atoms with Gasteiger partial charge < -0.3 is 16.0 Å². The molecule has 1 aliphatic heterocycles. The van der Waals surface area contributed by atoms with Crippen LogP contribution in [0.5, 0.6) is 0 Å². The van der Waals surface area contributed by atoms with Crippen LogP contribution in [0.1, 0.15) is 16.7 Å². The Morgan fingerprint density at radius 1 is 1.00 bits per heavy atom. The van der Waals surface area contributed by atoms with E-state index >= 15 is 0 Å². The van der Waals surface area contributed by atoms with Crippen molar-refractivity contribution >= 4 is 28.9 Å². The van der Waals surface area contributed by atoms with Gasteiger partial charge in [-0.05, 0) is 30.3 Å². The van der Waals surface area contributed by atoms with Crippen molar-refractivity contribution in [3.8, 4) is 0 Å². The Kier molecular flexibility index (Phi) is 7.68. The first-order chi connectivity index (χ1) is 16.2. The molecule has 4 rings (SSSR count). The third-order valence-corrected chi connectivity index (χ3v) is 4.99. The standard InChI is InChI=1S/C16H14N2O.C9H9F3N2O/c1-18-14-10-6-5-9-13(14)16(17-11-15(18)19)12-7-3-2-4-8-12;10-9(11,12)6-1-3-7(4-2-6)14-5-8(13)15/h2-10H,11H2,1H3;1-4,14H,5H2,(H2,13,15). The quantitative estimate of drug-likeness (QED) is 0.604. The zero-order valence-corrected chi connectivity index (χ0v) is 18.3. The second-order valence-corrected chi connectivity index (χ2v) is 7.40. The molecule has 0 unspecified atom stereocenters. The maximum Gasteiger partial charge on any atom is 0.416 e. The number of nitrogens with two attached hydrogens (primary N) is 1. The molecule has 0 saturated heterocycles. The van der Waals surface area contributed by atoms with E-state index in [1.165, 1.54) is 12.1 Å². The van der Waals surface area contributed by atoms with Crippen LogP contribution < -0.4 is 16.0 Å². The Hall–Kier alpha value is -4.14. The molecule has 0 fully saturated rings. The molecular formula is C25H23F3N4O2. The number of primary amides is 1. The van der Waals surface area contributed by atoms with Gasteiger partial charge >= 0.3 is 6.18 Å². The van der Waals surface area contributed by atoms with E-state index in [1.54, 1.807) is 11.9 Å². The average Bonchev–Trinajstić information content (AvgIpc) is 2.95. The number of para-hydroxylation sites is 1. The molecule has 0 radical (unpaired) electrons. The van der Waals surface area contributed by atoms with Gasteiger partial charge in [0.1, 0.15) is 6.54 Å². The lowest BCUT2D eigenvalue weighted by Gasteiger charge is -2.17. The highest BCUT2D eigenvalue weighted by Gasteiger charge is 2.29. The van der Waals surface area contributed by atoms with Gasteiger partial charge in [0.15, 0.2) is 0 Å². The normalized spacial score (nSPS) is 13.1. The number of carbonyl (C=O) groups excluding carboxylic acids is 2. The van der Waals surface area contributed by atoms with Crippen molar-refractivity contribution in [2.24, 2.45) is 10.7 Å². The number of rotatable bonds is 4. The number of nitrogens with zero attached hydrogens (tertiary/aromatic N) is 2.